The molecule has 1 unspecified atom stereocenters. The molecule has 0 bridgehead atoms. The minimum atomic E-state index is -0.783. The topological polar surface area (TPSA) is 46.5 Å². The van der Waals surface area contributed by atoms with E-state index >= 15 is 0 Å². The average Bonchev–Trinajstić information content (AvgIpc) is 2.27. The number of para-hydroxylation sites is 1. The van der Waals surface area contributed by atoms with Gasteiger partial charge in [0.2, 0.25) is 0 Å². The Bertz CT molecular complexity index is 411. The molecule has 0 saturated carbocycles. The number of carboxylic acid groups (broad SMARTS) is 1. The van der Waals surface area contributed by atoms with Gasteiger partial charge in [-0.1, -0.05) is 32.0 Å². The lowest BCUT2D eigenvalue weighted by atomic mass is 9.72. The van der Waals surface area contributed by atoms with Gasteiger partial charge >= 0.3 is 5.97 Å². The van der Waals surface area contributed by atoms with E-state index in [1.807, 2.05) is 38.1 Å². The highest BCUT2D eigenvalue weighted by Crippen LogP contribution is 2.39. The van der Waals surface area contributed by atoms with Crippen LogP contribution >= 0.6 is 0 Å². The highest BCUT2D eigenvalue weighted by molar-refractivity contribution is 5.76. The van der Waals surface area contributed by atoms with E-state index in [0.717, 1.165) is 11.3 Å². The van der Waals surface area contributed by atoms with E-state index in [0.29, 0.717) is 6.42 Å². The molecule has 0 amide bonds. The molecule has 1 heterocycles. The van der Waals surface area contributed by atoms with Crippen molar-refractivity contribution in [2.45, 2.75) is 20.3 Å². The van der Waals surface area contributed by atoms with Crippen LogP contribution < -0.4 is 4.74 Å². The molecule has 3 heteroatoms. The van der Waals surface area contributed by atoms with Crippen LogP contribution in [-0.2, 0) is 11.2 Å². The van der Waals surface area contributed by atoms with Crippen LogP contribution in [0, 0.1) is 11.3 Å². The number of hydrogen-bond acceptors (Lipinski definition) is 2. The molecule has 3 nitrogen and oxygen atoms in total. The molecule has 1 aliphatic rings. The monoisotopic (exact) mass is 220 g/mol. The zero-order valence-electron chi connectivity index (χ0n) is 9.56. The molecule has 0 fully saturated rings. The summed E-state index contributed by atoms with van der Waals surface area (Å²) in [5, 5.41) is 9.40. The minimum absolute atomic E-state index is 0.0540. The Morgan fingerprint density at radius 3 is 2.75 bits per heavy atom. The van der Waals surface area contributed by atoms with E-state index in [2.05, 4.69) is 0 Å². The fourth-order valence-electron chi connectivity index (χ4n) is 2.14. The standard InChI is InChI=1S/C13H16O3/c1-9(2)13(12(14)15)7-10-5-3-4-6-11(10)16-8-13/h3-6,9H,7-8H2,1-2H3,(H,14,15). The van der Waals surface area contributed by atoms with Crippen molar-refractivity contribution in [1.29, 1.82) is 0 Å². The largest absolute Gasteiger partial charge is 0.492 e. The molecular formula is C13H16O3. The van der Waals surface area contributed by atoms with Crippen molar-refractivity contribution in [3.8, 4) is 5.75 Å². The molecule has 0 spiro atoms. The van der Waals surface area contributed by atoms with Crippen LogP contribution in [-0.4, -0.2) is 17.7 Å². The predicted octanol–water partition coefficient (Wildman–Crippen LogP) is 2.35. The van der Waals surface area contributed by atoms with Gasteiger partial charge in [-0.2, -0.15) is 0 Å². The first-order valence-electron chi connectivity index (χ1n) is 5.50. The van der Waals surface area contributed by atoms with Gasteiger partial charge in [0.1, 0.15) is 17.8 Å². The SMILES string of the molecule is CC(C)C1(C(=O)O)COc2ccccc2C1. The van der Waals surface area contributed by atoms with Crippen molar-refractivity contribution in [3.05, 3.63) is 29.8 Å². The normalized spacial score (nSPS) is 23.7. The number of rotatable bonds is 2. The van der Waals surface area contributed by atoms with Gasteiger partial charge in [0.25, 0.3) is 0 Å². The minimum Gasteiger partial charge on any atom is -0.492 e. The predicted molar refractivity (Wildman–Crippen MR) is 60.5 cm³/mol. The third-order valence-corrected chi connectivity index (χ3v) is 3.49. The number of aliphatic carboxylic acids is 1. The molecule has 1 aliphatic heterocycles. The molecule has 0 aliphatic carbocycles. The lowest BCUT2D eigenvalue weighted by molar-refractivity contribution is -0.155. The van der Waals surface area contributed by atoms with Gasteiger partial charge in [-0.15, -0.1) is 0 Å². The number of hydrogen-bond donors (Lipinski definition) is 1. The molecule has 86 valence electrons. The van der Waals surface area contributed by atoms with E-state index in [1.165, 1.54) is 0 Å². The highest BCUT2D eigenvalue weighted by atomic mass is 16.5. The maximum absolute atomic E-state index is 11.4. The zero-order chi connectivity index (χ0) is 11.8. The van der Waals surface area contributed by atoms with Gasteiger partial charge in [0.05, 0.1) is 0 Å². The van der Waals surface area contributed by atoms with E-state index in [-0.39, 0.29) is 12.5 Å². The zero-order valence-corrected chi connectivity index (χ0v) is 9.56. The molecule has 2 rings (SSSR count). The second kappa shape index (κ2) is 3.81. The van der Waals surface area contributed by atoms with Crippen molar-refractivity contribution >= 4 is 5.97 Å². The summed E-state index contributed by atoms with van der Waals surface area (Å²) in [5.41, 5.74) is 0.207. The Morgan fingerprint density at radius 2 is 2.12 bits per heavy atom. The lowest BCUT2D eigenvalue weighted by Gasteiger charge is -2.37. The number of ether oxygens (including phenoxy) is 1. The van der Waals surface area contributed by atoms with Crippen molar-refractivity contribution in [1.82, 2.24) is 0 Å². The Hall–Kier alpha value is -1.51. The van der Waals surface area contributed by atoms with E-state index in [9.17, 15) is 9.90 Å². The summed E-state index contributed by atoms with van der Waals surface area (Å²) in [6.45, 7) is 4.13. The molecule has 1 N–H and O–H groups in total. The van der Waals surface area contributed by atoms with Crippen molar-refractivity contribution < 1.29 is 14.6 Å². The van der Waals surface area contributed by atoms with Gasteiger partial charge in [-0.3, -0.25) is 4.79 Å². The summed E-state index contributed by atoms with van der Waals surface area (Å²) in [6, 6.07) is 7.65. The third-order valence-electron chi connectivity index (χ3n) is 3.49. The molecule has 0 radical (unpaired) electrons. The highest BCUT2D eigenvalue weighted by Gasteiger charge is 2.45. The van der Waals surface area contributed by atoms with Crippen LogP contribution in [0.15, 0.2) is 24.3 Å². The van der Waals surface area contributed by atoms with Crippen LogP contribution in [0.1, 0.15) is 19.4 Å². The Labute approximate surface area is 95.0 Å². The first kappa shape index (κ1) is 11.0. The van der Waals surface area contributed by atoms with Gasteiger partial charge in [0.15, 0.2) is 0 Å². The quantitative estimate of drug-likeness (QED) is 0.832. The fraction of sp³-hybridized carbons (Fsp3) is 0.462. The lowest BCUT2D eigenvalue weighted by Crippen LogP contribution is -2.46. The van der Waals surface area contributed by atoms with Crippen molar-refractivity contribution in [3.63, 3.8) is 0 Å². The molecule has 16 heavy (non-hydrogen) atoms. The van der Waals surface area contributed by atoms with Crippen molar-refractivity contribution in [2.24, 2.45) is 11.3 Å². The van der Waals surface area contributed by atoms with Gasteiger partial charge < -0.3 is 9.84 Å². The first-order valence-corrected chi connectivity index (χ1v) is 5.50. The third kappa shape index (κ3) is 1.56. The van der Waals surface area contributed by atoms with Crippen LogP contribution in [0.3, 0.4) is 0 Å². The summed E-state index contributed by atoms with van der Waals surface area (Å²) < 4.78 is 5.58. The molecule has 1 aromatic carbocycles. The second-order valence-corrected chi connectivity index (χ2v) is 4.69. The summed E-state index contributed by atoms with van der Waals surface area (Å²) in [5.74, 6) is 0.107. The van der Waals surface area contributed by atoms with Crippen LogP contribution in [0.25, 0.3) is 0 Å². The van der Waals surface area contributed by atoms with E-state index < -0.39 is 11.4 Å². The number of benzene rings is 1. The number of carbonyl (C=O) groups is 1. The van der Waals surface area contributed by atoms with Gasteiger partial charge in [-0.05, 0) is 24.0 Å². The smallest absolute Gasteiger partial charge is 0.313 e. The summed E-state index contributed by atoms with van der Waals surface area (Å²) in [6.07, 6.45) is 0.552. The van der Waals surface area contributed by atoms with Gasteiger partial charge in [-0.25, -0.2) is 0 Å². The molecular weight excluding hydrogens is 204 g/mol. The Balaban J connectivity index is 2.39. The van der Waals surface area contributed by atoms with E-state index in [1.54, 1.807) is 0 Å². The fourth-order valence-corrected chi connectivity index (χ4v) is 2.14. The first-order chi connectivity index (χ1) is 7.56. The Kier molecular flexibility index (Phi) is 2.62. The van der Waals surface area contributed by atoms with Gasteiger partial charge in [0, 0.05) is 0 Å². The summed E-state index contributed by atoms with van der Waals surface area (Å²) in [7, 11) is 0. The van der Waals surface area contributed by atoms with Crippen molar-refractivity contribution in [2.75, 3.05) is 6.61 Å². The van der Waals surface area contributed by atoms with Crippen LogP contribution in [0.5, 0.6) is 5.75 Å². The maximum atomic E-state index is 11.4. The summed E-state index contributed by atoms with van der Waals surface area (Å²) >= 11 is 0. The molecule has 0 saturated heterocycles. The number of fused-ring (bicyclic) bond motifs is 1. The maximum Gasteiger partial charge on any atom is 0.313 e. The second-order valence-electron chi connectivity index (χ2n) is 4.69. The van der Waals surface area contributed by atoms with Crippen LogP contribution in [0.4, 0.5) is 0 Å². The summed E-state index contributed by atoms with van der Waals surface area (Å²) in [4.78, 5) is 11.4. The van der Waals surface area contributed by atoms with Crippen LogP contribution in [0.2, 0.25) is 0 Å². The number of carboxylic acids is 1. The molecule has 1 aromatic rings. The molecule has 1 atom stereocenters. The molecule has 0 aromatic heterocycles. The van der Waals surface area contributed by atoms with E-state index in [4.69, 9.17) is 4.74 Å². The Morgan fingerprint density at radius 1 is 1.44 bits per heavy atom. The average molecular weight is 220 g/mol.